The number of ether oxygens (including phenoxy) is 5. The second-order valence-corrected chi connectivity index (χ2v) is 16.6. The Morgan fingerprint density at radius 1 is 0.708 bits per heavy atom. The van der Waals surface area contributed by atoms with Gasteiger partial charge >= 0.3 is 5.97 Å². The molecule has 332 valence electrons. The molecule has 9 rings (SSSR count). The Morgan fingerprint density at radius 3 is 1.91 bits per heavy atom. The van der Waals surface area contributed by atoms with E-state index in [0.717, 1.165) is 42.4 Å². The van der Waals surface area contributed by atoms with Gasteiger partial charge in [0.2, 0.25) is 0 Å². The third-order valence-electron chi connectivity index (χ3n) is 12.5. The first-order chi connectivity index (χ1) is 31.9. The van der Waals surface area contributed by atoms with Crippen LogP contribution in [0.2, 0.25) is 0 Å². The summed E-state index contributed by atoms with van der Waals surface area (Å²) in [5, 5.41) is 2.93. The smallest absolute Gasteiger partial charge is 0.338 e. The van der Waals surface area contributed by atoms with Gasteiger partial charge in [0.25, 0.3) is 5.91 Å². The first-order valence-corrected chi connectivity index (χ1v) is 22.0. The number of benzene rings is 5. The quantitative estimate of drug-likeness (QED) is 0.0781. The molecule has 13 heteroatoms. The van der Waals surface area contributed by atoms with Gasteiger partial charge in [0.1, 0.15) is 41.9 Å². The van der Waals surface area contributed by atoms with Crippen LogP contribution >= 0.6 is 0 Å². The highest BCUT2D eigenvalue weighted by molar-refractivity contribution is 6.06. The second kappa shape index (κ2) is 19.4. The highest BCUT2D eigenvalue weighted by atomic mass is 16.6. The Hall–Kier alpha value is -6.93. The van der Waals surface area contributed by atoms with E-state index in [-0.39, 0.29) is 31.0 Å². The second-order valence-electron chi connectivity index (χ2n) is 16.6. The van der Waals surface area contributed by atoms with Gasteiger partial charge in [-0.1, -0.05) is 110 Å². The Kier molecular flexibility index (Phi) is 13.0. The van der Waals surface area contributed by atoms with E-state index in [9.17, 15) is 9.59 Å². The summed E-state index contributed by atoms with van der Waals surface area (Å²) >= 11 is 0. The zero-order chi connectivity index (χ0) is 44.6. The largest absolute Gasteiger partial charge is 0.497 e. The van der Waals surface area contributed by atoms with Crippen molar-refractivity contribution in [2.75, 3.05) is 45.8 Å². The Morgan fingerprint density at radius 2 is 1.29 bits per heavy atom. The van der Waals surface area contributed by atoms with E-state index in [4.69, 9.17) is 33.7 Å². The van der Waals surface area contributed by atoms with E-state index in [1.165, 1.54) is 12.7 Å². The summed E-state index contributed by atoms with van der Waals surface area (Å²) in [6.45, 7) is 0.769. The van der Waals surface area contributed by atoms with E-state index in [1.807, 2.05) is 108 Å². The van der Waals surface area contributed by atoms with Crippen molar-refractivity contribution in [2.24, 2.45) is 0 Å². The number of carbonyl (C=O) groups is 2. The van der Waals surface area contributed by atoms with E-state index in [0.29, 0.717) is 46.9 Å². The lowest BCUT2D eigenvalue weighted by atomic mass is 9.79. The molecule has 1 saturated heterocycles. The van der Waals surface area contributed by atoms with Gasteiger partial charge in [0.05, 0.1) is 32.7 Å². The van der Waals surface area contributed by atoms with Gasteiger partial charge in [0, 0.05) is 24.7 Å². The number of imidazole rings is 1. The molecular weight excluding hydrogens is 821 g/mol. The van der Waals surface area contributed by atoms with Crippen molar-refractivity contribution in [2.45, 2.75) is 55.6 Å². The maximum atomic E-state index is 13.9. The Labute approximate surface area is 378 Å². The molecular formula is C52H52N6O7. The summed E-state index contributed by atoms with van der Waals surface area (Å²) in [6.07, 6.45) is 7.85. The van der Waals surface area contributed by atoms with Crippen molar-refractivity contribution in [3.05, 3.63) is 180 Å². The summed E-state index contributed by atoms with van der Waals surface area (Å²) in [4.78, 5) is 43.5. The number of methoxy groups -OCH3 is 2. The molecule has 1 N–H and O–H groups in total. The van der Waals surface area contributed by atoms with Crippen LogP contribution < -0.4 is 14.8 Å². The van der Waals surface area contributed by atoms with Gasteiger partial charge in [-0.3, -0.25) is 14.3 Å². The highest BCUT2D eigenvalue weighted by Gasteiger charge is 2.49. The fourth-order valence-corrected chi connectivity index (χ4v) is 9.16. The number of aromatic nitrogens is 4. The van der Waals surface area contributed by atoms with Gasteiger partial charge in [-0.15, -0.1) is 0 Å². The minimum Gasteiger partial charge on any atom is -0.497 e. The van der Waals surface area contributed by atoms with Crippen LogP contribution in [0.4, 0.5) is 5.82 Å². The number of carbonyl (C=O) groups excluding carboxylic acids is 2. The van der Waals surface area contributed by atoms with Gasteiger partial charge in [-0.25, -0.2) is 19.7 Å². The van der Waals surface area contributed by atoms with Crippen molar-refractivity contribution in [3.8, 4) is 11.5 Å². The number of fused-ring (bicyclic) bond motifs is 1. The van der Waals surface area contributed by atoms with Crippen LogP contribution in [0.5, 0.6) is 11.5 Å². The predicted octanol–water partition coefficient (Wildman–Crippen LogP) is 8.86. The maximum absolute atomic E-state index is 13.9. The molecule has 5 aromatic carbocycles. The molecule has 7 aromatic rings. The number of amides is 1. The number of esters is 1. The van der Waals surface area contributed by atoms with Crippen LogP contribution in [-0.2, 0) is 19.8 Å². The summed E-state index contributed by atoms with van der Waals surface area (Å²) in [5.74, 6) is 0.898. The number of hydrogen-bond donors (Lipinski definition) is 1. The molecule has 0 spiro atoms. The number of nitrogens with one attached hydrogen (secondary N) is 1. The van der Waals surface area contributed by atoms with E-state index in [2.05, 4.69) is 27.3 Å². The number of hydrogen-bond acceptors (Lipinski definition) is 11. The first-order valence-electron chi connectivity index (χ1n) is 22.0. The fourth-order valence-electron chi connectivity index (χ4n) is 9.16. The minimum atomic E-state index is -1.24. The molecule has 1 aliphatic carbocycles. The molecule has 13 nitrogen and oxygen atoms in total. The van der Waals surface area contributed by atoms with Gasteiger partial charge < -0.3 is 29.0 Å². The standard InChI is InChI=1S/C52H52N6O7/c1-61-43-27-23-40(24-28-43)52(39-19-11-5-12-20-39,41-25-29-44(62-2)30-26-41)64-34-51(33-63-50(60)38-17-9-4-10-18-38)32-57(42-21-13-6-14-22-42)31-45(65-51)58-36-55-46-47(53-35-54-48(46)58)56-49(59)37-15-7-3-8-16-37/h3-5,7-12,15-20,23-30,35-36,42,45H,6,13-14,21-22,31-34H2,1-2H3,(H,53,54,56,59)/t45-,51+/m1/s1. The number of anilines is 1. The fraction of sp³-hybridized carbons (Fsp3) is 0.288. The predicted molar refractivity (Wildman–Crippen MR) is 246 cm³/mol. The Bertz CT molecular complexity index is 2630. The minimum absolute atomic E-state index is 0.0122. The number of nitrogens with zero attached hydrogens (tertiary/aromatic N) is 5. The Balaban J connectivity index is 1.16. The molecule has 2 atom stereocenters. The summed E-state index contributed by atoms with van der Waals surface area (Å²) in [7, 11) is 3.29. The van der Waals surface area contributed by atoms with Crippen LogP contribution in [-0.4, -0.2) is 88.5 Å². The zero-order valence-electron chi connectivity index (χ0n) is 36.5. The SMILES string of the molecule is COc1ccc(C(OC[C@@]2(COC(=O)c3ccccc3)CN(C3CCCCC3)C[C@H](n3cnc4c(NC(=O)c5ccccc5)ncnc43)O2)(c2ccccc2)c2ccc(OC)cc2)cc1. The van der Waals surface area contributed by atoms with Crippen molar-refractivity contribution >= 4 is 28.9 Å². The van der Waals surface area contributed by atoms with Crippen molar-refractivity contribution < 1.29 is 33.3 Å². The van der Waals surface area contributed by atoms with Crippen molar-refractivity contribution in [1.29, 1.82) is 0 Å². The molecule has 1 saturated carbocycles. The topological polar surface area (TPSA) is 139 Å². The van der Waals surface area contributed by atoms with E-state index < -0.39 is 23.4 Å². The van der Waals surface area contributed by atoms with E-state index in [1.54, 1.807) is 44.8 Å². The molecule has 1 amide bonds. The zero-order valence-corrected chi connectivity index (χ0v) is 36.5. The summed E-state index contributed by atoms with van der Waals surface area (Å²) < 4.78 is 34.4. The lowest BCUT2D eigenvalue weighted by Crippen LogP contribution is -2.61. The van der Waals surface area contributed by atoms with Gasteiger partial charge in [-0.2, -0.15) is 0 Å². The number of rotatable bonds is 15. The normalized spacial score (nSPS) is 18.2. The third kappa shape index (κ3) is 9.21. The average molecular weight is 873 g/mol. The molecule has 65 heavy (non-hydrogen) atoms. The third-order valence-corrected chi connectivity index (χ3v) is 12.5. The summed E-state index contributed by atoms with van der Waals surface area (Å²) in [5.41, 5.74) is 1.96. The van der Waals surface area contributed by atoms with Crippen molar-refractivity contribution in [3.63, 3.8) is 0 Å². The lowest BCUT2D eigenvalue weighted by molar-refractivity contribution is -0.234. The van der Waals surface area contributed by atoms with Crippen LogP contribution in [0.1, 0.15) is 75.7 Å². The van der Waals surface area contributed by atoms with Gasteiger partial charge in [0.15, 0.2) is 17.0 Å². The number of morpholine rings is 1. The molecule has 0 bridgehead atoms. The van der Waals surface area contributed by atoms with Crippen LogP contribution in [0.25, 0.3) is 11.2 Å². The van der Waals surface area contributed by atoms with Crippen molar-refractivity contribution in [1.82, 2.24) is 24.4 Å². The molecule has 2 fully saturated rings. The van der Waals surface area contributed by atoms with Gasteiger partial charge in [-0.05, 0) is 78.1 Å². The molecule has 3 heterocycles. The molecule has 2 aliphatic rings. The monoisotopic (exact) mass is 872 g/mol. The first kappa shape index (κ1) is 43.3. The van der Waals surface area contributed by atoms with Crippen LogP contribution in [0, 0.1) is 0 Å². The van der Waals surface area contributed by atoms with Crippen LogP contribution in [0.15, 0.2) is 152 Å². The average Bonchev–Trinajstić information content (AvgIpc) is 3.83. The van der Waals surface area contributed by atoms with Crippen LogP contribution in [0.3, 0.4) is 0 Å². The highest BCUT2D eigenvalue weighted by Crippen LogP contribution is 2.44. The maximum Gasteiger partial charge on any atom is 0.338 e. The molecule has 0 radical (unpaired) electrons. The molecule has 2 aromatic heterocycles. The molecule has 1 aliphatic heterocycles. The molecule has 0 unspecified atom stereocenters. The van der Waals surface area contributed by atoms with E-state index >= 15 is 0 Å². The summed E-state index contributed by atoms with van der Waals surface area (Å²) in [6, 6.07) is 44.0. The lowest BCUT2D eigenvalue weighted by Gasteiger charge is -2.50.